The Balaban J connectivity index is 1.13. The van der Waals surface area contributed by atoms with Gasteiger partial charge in [-0.25, -0.2) is 0 Å². The molecule has 10 aromatic carbocycles. The van der Waals surface area contributed by atoms with E-state index >= 15 is 0 Å². The van der Waals surface area contributed by atoms with Crippen LogP contribution in [0.4, 0.5) is 17.1 Å². The summed E-state index contributed by atoms with van der Waals surface area (Å²) in [5.74, 6) is 0. The van der Waals surface area contributed by atoms with Gasteiger partial charge in [0.05, 0.1) is 0 Å². The third kappa shape index (κ3) is 5.03. The summed E-state index contributed by atoms with van der Waals surface area (Å²) in [5, 5.41) is 12.0. The Morgan fingerprint density at radius 3 is 1.81 bits per heavy atom. The van der Waals surface area contributed by atoms with Crippen molar-refractivity contribution in [3.8, 4) is 22.3 Å². The van der Waals surface area contributed by atoms with Gasteiger partial charge in [0.25, 0.3) is 0 Å². The number of benzene rings is 10. The van der Waals surface area contributed by atoms with E-state index in [-0.39, 0.29) is 0 Å². The zero-order chi connectivity index (χ0) is 37.5. The van der Waals surface area contributed by atoms with E-state index in [1.807, 2.05) is 11.3 Å². The first kappa shape index (κ1) is 32.1. The van der Waals surface area contributed by atoms with Crippen LogP contribution in [0.25, 0.3) is 96.7 Å². The number of fused-ring (bicyclic) bond motifs is 12. The number of furan rings is 1. The second kappa shape index (κ2) is 12.7. The Kier molecular flexibility index (Phi) is 7.13. The van der Waals surface area contributed by atoms with Crippen molar-refractivity contribution < 1.29 is 4.42 Å². The fraction of sp³-hybridized carbons (Fsp3) is 0. The molecule has 0 saturated heterocycles. The highest BCUT2D eigenvalue weighted by atomic mass is 32.1. The van der Waals surface area contributed by atoms with Crippen LogP contribution in [0.2, 0.25) is 0 Å². The van der Waals surface area contributed by atoms with Gasteiger partial charge in [0.15, 0.2) is 0 Å². The molecule has 0 aliphatic rings. The number of rotatable bonds is 5. The van der Waals surface area contributed by atoms with Gasteiger partial charge < -0.3 is 9.32 Å². The number of hydrogen-bond acceptors (Lipinski definition) is 3. The normalized spacial score (nSPS) is 11.9. The zero-order valence-corrected chi connectivity index (χ0v) is 31.6. The highest BCUT2D eigenvalue weighted by Gasteiger charge is 2.23. The minimum Gasteiger partial charge on any atom is -0.455 e. The first-order valence-corrected chi connectivity index (χ1v) is 20.2. The van der Waals surface area contributed by atoms with Gasteiger partial charge >= 0.3 is 0 Å². The van der Waals surface area contributed by atoms with E-state index in [4.69, 9.17) is 4.42 Å². The van der Waals surface area contributed by atoms with E-state index < -0.39 is 0 Å². The molecule has 266 valence electrons. The van der Waals surface area contributed by atoms with Gasteiger partial charge in [-0.15, -0.1) is 11.3 Å². The maximum atomic E-state index is 7.07. The van der Waals surface area contributed by atoms with Crippen LogP contribution in [0.5, 0.6) is 0 Å². The molecule has 57 heavy (non-hydrogen) atoms. The van der Waals surface area contributed by atoms with E-state index in [1.54, 1.807) is 0 Å². The molecular weight excluding hydrogens is 711 g/mol. The van der Waals surface area contributed by atoms with E-state index in [9.17, 15) is 0 Å². The molecule has 0 atom stereocenters. The van der Waals surface area contributed by atoms with Crippen LogP contribution < -0.4 is 4.90 Å². The lowest BCUT2D eigenvalue weighted by Gasteiger charge is -2.27. The SMILES string of the molecule is c1ccc(-c2cc(N(c3ccc(-c4cccc5c4sc4ccccc45)cc3)c3ccc4ccccc4c3)cc3c2oc2c4ccccc4c4ccccc4c32)cc1. The molecule has 0 amide bonds. The van der Waals surface area contributed by atoms with Gasteiger partial charge in [-0.3, -0.25) is 0 Å². The van der Waals surface area contributed by atoms with Gasteiger partial charge in [-0.05, 0) is 86.1 Å². The molecule has 0 aliphatic heterocycles. The second-order valence-corrected chi connectivity index (χ2v) is 15.9. The van der Waals surface area contributed by atoms with E-state index in [0.717, 1.165) is 55.5 Å². The second-order valence-electron chi connectivity index (χ2n) is 14.8. The fourth-order valence-corrected chi connectivity index (χ4v) is 10.2. The molecule has 0 radical (unpaired) electrons. The summed E-state index contributed by atoms with van der Waals surface area (Å²) in [4.78, 5) is 2.41. The summed E-state index contributed by atoms with van der Waals surface area (Å²) in [6, 6.07) is 72.6. The topological polar surface area (TPSA) is 16.4 Å². The van der Waals surface area contributed by atoms with Crippen LogP contribution in [0.15, 0.2) is 205 Å². The Morgan fingerprint density at radius 2 is 0.982 bits per heavy atom. The van der Waals surface area contributed by atoms with Crippen molar-refractivity contribution in [1.82, 2.24) is 0 Å². The van der Waals surface area contributed by atoms with Crippen molar-refractivity contribution >= 4 is 103 Å². The van der Waals surface area contributed by atoms with Crippen LogP contribution in [0, 0.1) is 0 Å². The number of nitrogens with zero attached hydrogens (tertiary/aromatic N) is 1. The van der Waals surface area contributed by atoms with Gasteiger partial charge in [0.1, 0.15) is 11.2 Å². The summed E-state index contributed by atoms with van der Waals surface area (Å²) >= 11 is 1.87. The van der Waals surface area contributed by atoms with Crippen LogP contribution in [0.3, 0.4) is 0 Å². The summed E-state index contributed by atoms with van der Waals surface area (Å²) in [5.41, 5.74) is 9.69. The van der Waals surface area contributed by atoms with Gasteiger partial charge in [-0.1, -0.05) is 158 Å². The monoisotopic (exact) mass is 743 g/mol. The zero-order valence-electron chi connectivity index (χ0n) is 30.8. The summed E-state index contributed by atoms with van der Waals surface area (Å²) in [6.07, 6.45) is 0. The van der Waals surface area contributed by atoms with Crippen LogP contribution in [0.1, 0.15) is 0 Å². The Hall–Kier alpha value is -7.20. The lowest BCUT2D eigenvalue weighted by Crippen LogP contribution is -2.10. The smallest absolute Gasteiger partial charge is 0.143 e. The van der Waals surface area contributed by atoms with E-state index in [1.165, 1.54) is 58.2 Å². The highest BCUT2D eigenvalue weighted by molar-refractivity contribution is 7.26. The maximum absolute atomic E-state index is 7.07. The molecule has 12 aromatic rings. The molecule has 12 rings (SSSR count). The summed E-state index contributed by atoms with van der Waals surface area (Å²) in [7, 11) is 0. The highest BCUT2D eigenvalue weighted by Crippen LogP contribution is 2.48. The quantitative estimate of drug-likeness (QED) is 0.163. The summed E-state index contributed by atoms with van der Waals surface area (Å²) in [6.45, 7) is 0. The molecule has 0 fully saturated rings. The van der Waals surface area contributed by atoms with Gasteiger partial charge in [0.2, 0.25) is 0 Å². The van der Waals surface area contributed by atoms with Crippen molar-refractivity contribution in [2.24, 2.45) is 0 Å². The third-order valence-corrected chi connectivity index (χ3v) is 12.8. The van der Waals surface area contributed by atoms with Crippen LogP contribution in [-0.2, 0) is 0 Å². The molecule has 2 heterocycles. The molecule has 0 aliphatic carbocycles. The third-order valence-electron chi connectivity index (χ3n) is 11.6. The minimum atomic E-state index is 0.895. The van der Waals surface area contributed by atoms with Gasteiger partial charge in [-0.2, -0.15) is 0 Å². The lowest BCUT2D eigenvalue weighted by molar-refractivity contribution is 0.674. The fourth-order valence-electron chi connectivity index (χ4n) is 8.98. The number of anilines is 3. The maximum Gasteiger partial charge on any atom is 0.143 e. The average Bonchev–Trinajstić information content (AvgIpc) is 3.86. The standard InChI is InChI=1S/C54H33NOS/c1-2-14-35(15-3-1)48-32-40(33-49-51-45-20-8-6-17-42(45)43-18-7-9-21-46(43)53(51)56-52(48)49)55(39-30-25-34-13-4-5-16-37(34)31-39)38-28-26-36(27-29-38)41-22-12-23-47-44-19-10-11-24-50(44)57-54(41)47/h1-33H. The predicted molar refractivity (Wildman–Crippen MR) is 245 cm³/mol. The molecule has 0 N–H and O–H groups in total. The van der Waals surface area contributed by atoms with Gasteiger partial charge in [0, 0.05) is 59.0 Å². The van der Waals surface area contributed by atoms with Crippen molar-refractivity contribution in [3.05, 3.63) is 200 Å². The number of thiophene rings is 1. The van der Waals surface area contributed by atoms with Crippen molar-refractivity contribution in [1.29, 1.82) is 0 Å². The van der Waals surface area contributed by atoms with Crippen molar-refractivity contribution in [2.45, 2.75) is 0 Å². The average molecular weight is 744 g/mol. The summed E-state index contributed by atoms with van der Waals surface area (Å²) < 4.78 is 9.70. The first-order valence-electron chi connectivity index (χ1n) is 19.4. The molecular formula is C54H33NOS. The first-order chi connectivity index (χ1) is 28.3. The largest absolute Gasteiger partial charge is 0.455 e. The van der Waals surface area contributed by atoms with Crippen molar-refractivity contribution in [2.75, 3.05) is 4.90 Å². The molecule has 0 bridgehead atoms. The van der Waals surface area contributed by atoms with E-state index in [2.05, 4.69) is 205 Å². The van der Waals surface area contributed by atoms with Crippen LogP contribution >= 0.6 is 11.3 Å². The molecule has 0 saturated carbocycles. The molecule has 3 heteroatoms. The predicted octanol–water partition coefficient (Wildman–Crippen LogP) is 16.2. The Morgan fingerprint density at radius 1 is 0.351 bits per heavy atom. The molecule has 2 aromatic heterocycles. The number of hydrogen-bond donors (Lipinski definition) is 0. The van der Waals surface area contributed by atoms with E-state index in [0.29, 0.717) is 0 Å². The van der Waals surface area contributed by atoms with Crippen molar-refractivity contribution in [3.63, 3.8) is 0 Å². The molecule has 0 unspecified atom stereocenters. The molecule has 0 spiro atoms. The molecule has 2 nitrogen and oxygen atoms in total. The minimum absolute atomic E-state index is 0.895. The Labute approximate surface area is 333 Å². The van der Waals surface area contributed by atoms with Crippen LogP contribution in [-0.4, -0.2) is 0 Å². The lowest BCUT2D eigenvalue weighted by atomic mass is 9.95. The Bertz CT molecular complexity index is 3520.